The number of hydrogen-bond donors (Lipinski definition) is 1. The predicted molar refractivity (Wildman–Crippen MR) is 81.8 cm³/mol. The van der Waals surface area contributed by atoms with Gasteiger partial charge in [0.1, 0.15) is 5.75 Å². The van der Waals surface area contributed by atoms with E-state index in [4.69, 9.17) is 4.74 Å². The van der Waals surface area contributed by atoms with Crippen LogP contribution in [-0.4, -0.2) is 29.4 Å². The number of para-hydroxylation sites is 2. The summed E-state index contributed by atoms with van der Waals surface area (Å²) in [6, 6.07) is 10.5. The van der Waals surface area contributed by atoms with Gasteiger partial charge in [-0.3, -0.25) is 14.6 Å². The number of likely N-dealkylation sites (N-methyl/N-ethyl adjacent to an activating group) is 1. The molecule has 0 saturated carbocycles. The summed E-state index contributed by atoms with van der Waals surface area (Å²) in [5.41, 5.74) is -0.482. The van der Waals surface area contributed by atoms with E-state index in [1.54, 1.807) is 55.8 Å². The second-order valence-electron chi connectivity index (χ2n) is 5.16. The first-order valence-corrected chi connectivity index (χ1v) is 6.80. The molecule has 22 heavy (non-hydrogen) atoms. The molecular weight excluding hydrogens is 282 g/mol. The molecule has 1 atom stereocenters. The first-order valence-electron chi connectivity index (χ1n) is 6.80. The number of rotatable bonds is 2. The molecule has 1 aliphatic rings. The van der Waals surface area contributed by atoms with Crippen molar-refractivity contribution in [3.05, 3.63) is 48.8 Å². The van der Waals surface area contributed by atoms with Crippen LogP contribution in [0.25, 0.3) is 0 Å². The van der Waals surface area contributed by atoms with Crippen LogP contribution < -0.4 is 15.0 Å². The number of nitrogens with one attached hydrogen (secondary N) is 1. The molecule has 6 heteroatoms. The minimum absolute atomic E-state index is 0.465. The van der Waals surface area contributed by atoms with Crippen LogP contribution in [0.5, 0.6) is 5.75 Å². The van der Waals surface area contributed by atoms with Gasteiger partial charge in [-0.25, -0.2) is 0 Å². The number of fused-ring (bicyclic) bond motifs is 1. The van der Waals surface area contributed by atoms with Crippen molar-refractivity contribution in [1.82, 2.24) is 4.98 Å². The van der Waals surface area contributed by atoms with Crippen LogP contribution in [0.1, 0.15) is 6.92 Å². The van der Waals surface area contributed by atoms with E-state index in [2.05, 4.69) is 10.3 Å². The van der Waals surface area contributed by atoms with E-state index in [1.807, 2.05) is 0 Å². The van der Waals surface area contributed by atoms with Gasteiger partial charge in [-0.05, 0) is 31.2 Å². The van der Waals surface area contributed by atoms with Crippen molar-refractivity contribution in [3.63, 3.8) is 0 Å². The highest BCUT2D eigenvalue weighted by molar-refractivity contribution is 6.19. The van der Waals surface area contributed by atoms with Crippen molar-refractivity contribution in [2.24, 2.45) is 0 Å². The fourth-order valence-corrected chi connectivity index (χ4v) is 2.30. The lowest BCUT2D eigenvalue weighted by Crippen LogP contribution is -2.59. The average Bonchev–Trinajstić information content (AvgIpc) is 2.55. The zero-order valence-corrected chi connectivity index (χ0v) is 12.2. The molecular formula is C16H15N3O3. The predicted octanol–water partition coefficient (Wildman–Crippen LogP) is 1.83. The molecule has 1 N–H and O–H groups in total. The van der Waals surface area contributed by atoms with Gasteiger partial charge in [0, 0.05) is 13.2 Å². The van der Waals surface area contributed by atoms with E-state index in [0.717, 1.165) is 0 Å². The smallest absolute Gasteiger partial charge is 0.280 e. The minimum atomic E-state index is -1.63. The van der Waals surface area contributed by atoms with Gasteiger partial charge >= 0.3 is 0 Å². The van der Waals surface area contributed by atoms with Crippen LogP contribution in [-0.2, 0) is 9.59 Å². The van der Waals surface area contributed by atoms with Crippen molar-refractivity contribution in [1.29, 1.82) is 0 Å². The first-order chi connectivity index (χ1) is 10.5. The van der Waals surface area contributed by atoms with Gasteiger partial charge in [-0.15, -0.1) is 0 Å². The Morgan fingerprint density at radius 3 is 2.77 bits per heavy atom. The number of carbonyl (C=O) groups excluding carboxylic acids is 2. The summed E-state index contributed by atoms with van der Waals surface area (Å²) < 4.78 is 5.71. The van der Waals surface area contributed by atoms with Crippen LogP contribution in [0.3, 0.4) is 0 Å². The number of amides is 2. The zero-order valence-electron chi connectivity index (χ0n) is 12.2. The summed E-state index contributed by atoms with van der Waals surface area (Å²) in [6.45, 7) is 1.47. The topological polar surface area (TPSA) is 71.5 Å². The number of anilines is 2. The molecule has 1 aromatic heterocycles. The molecule has 2 aromatic rings. The lowest BCUT2D eigenvalue weighted by molar-refractivity contribution is -0.144. The Balaban J connectivity index is 1.93. The number of aromatic nitrogens is 1. The van der Waals surface area contributed by atoms with E-state index >= 15 is 0 Å². The van der Waals surface area contributed by atoms with Gasteiger partial charge in [0.25, 0.3) is 17.4 Å². The number of nitrogens with zero attached hydrogens (tertiary/aromatic N) is 2. The lowest BCUT2D eigenvalue weighted by atomic mass is 10.0. The Morgan fingerprint density at radius 1 is 1.27 bits per heavy atom. The third-order valence-electron chi connectivity index (χ3n) is 3.63. The second kappa shape index (κ2) is 5.14. The van der Waals surface area contributed by atoms with Crippen molar-refractivity contribution in [2.45, 2.75) is 12.5 Å². The number of carbonyl (C=O) groups is 2. The van der Waals surface area contributed by atoms with Gasteiger partial charge in [-0.2, -0.15) is 0 Å². The largest absolute Gasteiger partial charge is 0.465 e. The molecule has 1 aliphatic heterocycles. The van der Waals surface area contributed by atoms with E-state index in [0.29, 0.717) is 17.1 Å². The number of hydrogen-bond acceptors (Lipinski definition) is 4. The van der Waals surface area contributed by atoms with Gasteiger partial charge in [0.2, 0.25) is 0 Å². The van der Waals surface area contributed by atoms with Crippen molar-refractivity contribution in [3.8, 4) is 5.75 Å². The zero-order chi connectivity index (χ0) is 15.7. The Morgan fingerprint density at radius 2 is 2.05 bits per heavy atom. The van der Waals surface area contributed by atoms with Gasteiger partial charge in [0.15, 0.2) is 0 Å². The highest BCUT2D eigenvalue weighted by Crippen LogP contribution is 2.34. The molecule has 0 spiro atoms. The van der Waals surface area contributed by atoms with Crippen molar-refractivity contribution < 1.29 is 14.3 Å². The average molecular weight is 297 g/mol. The van der Waals surface area contributed by atoms with Crippen molar-refractivity contribution in [2.75, 3.05) is 17.3 Å². The van der Waals surface area contributed by atoms with Gasteiger partial charge < -0.3 is 15.0 Å². The molecule has 0 bridgehead atoms. The maximum absolute atomic E-state index is 12.8. The van der Waals surface area contributed by atoms with E-state index in [1.165, 1.54) is 11.8 Å². The summed E-state index contributed by atoms with van der Waals surface area (Å²) >= 11 is 0. The van der Waals surface area contributed by atoms with Gasteiger partial charge in [-0.1, -0.05) is 12.1 Å². The standard InChI is InChI=1S/C16H15N3O3/c1-16(15(21)19(2)11-6-5-9-17-10-11)14(20)18-12-7-3-4-8-13(12)22-16/h3-10H,1-2H3,(H,18,20). The molecule has 112 valence electrons. The molecule has 1 aromatic carbocycles. The third kappa shape index (κ3) is 2.18. The van der Waals surface area contributed by atoms with Gasteiger partial charge in [0.05, 0.1) is 17.6 Å². The fourth-order valence-electron chi connectivity index (χ4n) is 2.30. The summed E-state index contributed by atoms with van der Waals surface area (Å²) in [4.78, 5) is 30.4. The van der Waals surface area contributed by atoms with Crippen LogP contribution in [0, 0.1) is 0 Å². The van der Waals surface area contributed by atoms with Crippen molar-refractivity contribution >= 4 is 23.2 Å². The van der Waals surface area contributed by atoms with E-state index in [9.17, 15) is 9.59 Å². The molecule has 1 unspecified atom stereocenters. The van der Waals surface area contributed by atoms with Crippen LogP contribution >= 0.6 is 0 Å². The summed E-state index contributed by atoms with van der Waals surface area (Å²) in [5, 5.41) is 2.71. The molecule has 0 aliphatic carbocycles. The minimum Gasteiger partial charge on any atom is -0.465 e. The summed E-state index contributed by atoms with van der Waals surface area (Å²) in [6.07, 6.45) is 3.17. The molecule has 2 amide bonds. The Bertz CT molecular complexity index is 732. The van der Waals surface area contributed by atoms with Crippen LogP contribution in [0.15, 0.2) is 48.8 Å². The molecule has 0 radical (unpaired) electrons. The quantitative estimate of drug-likeness (QED) is 0.859. The van der Waals surface area contributed by atoms with Crippen LogP contribution in [0.2, 0.25) is 0 Å². The Labute approximate surface area is 127 Å². The van der Waals surface area contributed by atoms with E-state index < -0.39 is 17.4 Å². The fraction of sp³-hybridized carbons (Fsp3) is 0.188. The maximum atomic E-state index is 12.8. The highest BCUT2D eigenvalue weighted by atomic mass is 16.5. The second-order valence-corrected chi connectivity index (χ2v) is 5.16. The lowest BCUT2D eigenvalue weighted by Gasteiger charge is -2.35. The highest BCUT2D eigenvalue weighted by Gasteiger charge is 2.48. The Hall–Kier alpha value is -2.89. The molecule has 6 nitrogen and oxygen atoms in total. The monoisotopic (exact) mass is 297 g/mol. The maximum Gasteiger partial charge on any atom is 0.280 e. The first kappa shape index (κ1) is 14.1. The summed E-state index contributed by atoms with van der Waals surface area (Å²) in [5.74, 6) is -0.489. The molecule has 0 saturated heterocycles. The SMILES string of the molecule is CN(C(=O)C1(C)Oc2ccccc2NC1=O)c1cccnc1. The normalized spacial score (nSPS) is 19.6. The molecule has 2 heterocycles. The number of benzene rings is 1. The summed E-state index contributed by atoms with van der Waals surface area (Å²) in [7, 11) is 1.59. The third-order valence-corrected chi connectivity index (χ3v) is 3.63. The van der Waals surface area contributed by atoms with E-state index in [-0.39, 0.29) is 0 Å². The van der Waals surface area contributed by atoms with Crippen LogP contribution in [0.4, 0.5) is 11.4 Å². The molecule has 3 rings (SSSR count). The number of ether oxygens (including phenoxy) is 1. The Kier molecular flexibility index (Phi) is 3.29. The number of pyridine rings is 1. The molecule has 0 fully saturated rings.